The minimum atomic E-state index is -3.72. The Balaban J connectivity index is 1.80. The van der Waals surface area contributed by atoms with Gasteiger partial charge in [-0.05, 0) is 27.7 Å². The predicted molar refractivity (Wildman–Crippen MR) is 98.2 cm³/mol. The number of aryl methyl sites for hydroxylation is 4. The Morgan fingerprint density at radius 1 is 0.963 bits per heavy atom. The number of nitrogens with zero attached hydrogens (tertiary/aromatic N) is 5. The first-order valence-corrected chi connectivity index (χ1v) is 11.5. The molecule has 1 N–H and O–H groups in total. The lowest BCUT2D eigenvalue weighted by molar-refractivity contribution is 0.272. The standard InChI is InChI=1S/C15H24N6O4S2/c1-5-19-10-14(11(2)18-19)26(22,23)20-6-8-21(9-7-20)27(24,25)15-12(3)16-17-13(15)4/h10H,5-9H2,1-4H3,(H,16,17). The molecule has 0 saturated carbocycles. The lowest BCUT2D eigenvalue weighted by Gasteiger charge is -2.33. The van der Waals surface area contributed by atoms with Gasteiger partial charge in [-0.3, -0.25) is 9.78 Å². The molecule has 27 heavy (non-hydrogen) atoms. The summed E-state index contributed by atoms with van der Waals surface area (Å²) in [5.41, 5.74) is 1.33. The van der Waals surface area contributed by atoms with Gasteiger partial charge in [0.1, 0.15) is 9.79 Å². The molecular weight excluding hydrogens is 392 g/mol. The van der Waals surface area contributed by atoms with E-state index in [-0.39, 0.29) is 36.0 Å². The van der Waals surface area contributed by atoms with E-state index in [1.165, 1.54) is 14.8 Å². The van der Waals surface area contributed by atoms with Crippen LogP contribution in [0.25, 0.3) is 0 Å². The summed E-state index contributed by atoms with van der Waals surface area (Å²) in [6.45, 7) is 7.76. The number of nitrogens with one attached hydrogen (secondary N) is 1. The van der Waals surface area contributed by atoms with Crippen LogP contribution in [-0.4, -0.2) is 71.6 Å². The smallest absolute Gasteiger partial charge is 0.246 e. The van der Waals surface area contributed by atoms with Gasteiger partial charge in [-0.25, -0.2) is 16.8 Å². The molecular formula is C15H24N6O4S2. The Hall–Kier alpha value is -1.76. The fraction of sp³-hybridized carbons (Fsp3) is 0.600. The van der Waals surface area contributed by atoms with Crippen molar-refractivity contribution in [2.45, 2.75) is 44.0 Å². The molecule has 2 aromatic rings. The van der Waals surface area contributed by atoms with E-state index in [1.807, 2.05) is 6.92 Å². The predicted octanol–water partition coefficient (Wildman–Crippen LogP) is 0.247. The molecule has 0 bridgehead atoms. The van der Waals surface area contributed by atoms with Gasteiger partial charge >= 0.3 is 0 Å². The highest BCUT2D eigenvalue weighted by Gasteiger charge is 2.36. The zero-order valence-electron chi connectivity index (χ0n) is 15.8. The molecule has 1 fully saturated rings. The summed E-state index contributed by atoms with van der Waals surface area (Å²) in [5, 5.41) is 10.8. The molecule has 0 atom stereocenters. The van der Waals surface area contributed by atoms with E-state index in [4.69, 9.17) is 0 Å². The third-order valence-electron chi connectivity index (χ3n) is 4.70. The number of sulfonamides is 2. The summed E-state index contributed by atoms with van der Waals surface area (Å²) in [5.74, 6) is 0. The number of aromatic nitrogens is 4. The van der Waals surface area contributed by atoms with E-state index in [9.17, 15) is 16.8 Å². The summed E-state index contributed by atoms with van der Waals surface area (Å²) in [6.07, 6.45) is 1.52. The normalized spacial score (nSPS) is 17.5. The van der Waals surface area contributed by atoms with E-state index in [2.05, 4.69) is 15.3 Å². The van der Waals surface area contributed by atoms with Crippen LogP contribution in [0.2, 0.25) is 0 Å². The van der Waals surface area contributed by atoms with Crippen LogP contribution in [0.5, 0.6) is 0 Å². The molecule has 10 nitrogen and oxygen atoms in total. The van der Waals surface area contributed by atoms with Crippen molar-refractivity contribution in [1.82, 2.24) is 28.6 Å². The van der Waals surface area contributed by atoms with Crippen LogP contribution < -0.4 is 0 Å². The number of piperazine rings is 1. The number of hydrogen-bond donors (Lipinski definition) is 1. The molecule has 12 heteroatoms. The highest BCUT2D eigenvalue weighted by Crippen LogP contribution is 2.25. The quantitative estimate of drug-likeness (QED) is 0.746. The van der Waals surface area contributed by atoms with Crippen molar-refractivity contribution in [3.8, 4) is 0 Å². The number of rotatable bonds is 5. The van der Waals surface area contributed by atoms with Gasteiger partial charge in [0, 0.05) is 38.9 Å². The largest absolute Gasteiger partial charge is 0.281 e. The average Bonchev–Trinajstić information content (AvgIpc) is 3.17. The number of hydrogen-bond acceptors (Lipinski definition) is 6. The zero-order valence-corrected chi connectivity index (χ0v) is 17.4. The van der Waals surface area contributed by atoms with Crippen LogP contribution >= 0.6 is 0 Å². The lowest BCUT2D eigenvalue weighted by atomic mass is 10.4. The molecule has 0 radical (unpaired) electrons. The van der Waals surface area contributed by atoms with E-state index in [0.717, 1.165) is 0 Å². The van der Waals surface area contributed by atoms with E-state index in [1.54, 1.807) is 25.5 Å². The highest BCUT2D eigenvalue weighted by atomic mass is 32.2. The van der Waals surface area contributed by atoms with Crippen LogP contribution in [0.3, 0.4) is 0 Å². The summed E-state index contributed by atoms with van der Waals surface area (Å²) in [6, 6.07) is 0. The maximum absolute atomic E-state index is 12.9. The Morgan fingerprint density at radius 3 is 1.96 bits per heavy atom. The van der Waals surface area contributed by atoms with Crippen LogP contribution in [0, 0.1) is 20.8 Å². The molecule has 150 valence electrons. The molecule has 0 unspecified atom stereocenters. The Kier molecular flexibility index (Phi) is 5.18. The molecule has 3 rings (SSSR count). The maximum Gasteiger partial charge on any atom is 0.246 e. The van der Waals surface area contributed by atoms with Crippen molar-refractivity contribution in [3.63, 3.8) is 0 Å². The van der Waals surface area contributed by atoms with Gasteiger partial charge in [-0.2, -0.15) is 18.8 Å². The minimum Gasteiger partial charge on any atom is -0.281 e. The monoisotopic (exact) mass is 416 g/mol. The van der Waals surface area contributed by atoms with Crippen LogP contribution in [-0.2, 0) is 26.6 Å². The van der Waals surface area contributed by atoms with Crippen molar-refractivity contribution >= 4 is 20.0 Å². The molecule has 3 heterocycles. The molecule has 0 aliphatic carbocycles. The van der Waals surface area contributed by atoms with Gasteiger partial charge in [-0.1, -0.05) is 0 Å². The van der Waals surface area contributed by atoms with Gasteiger partial charge in [-0.15, -0.1) is 0 Å². The van der Waals surface area contributed by atoms with Crippen molar-refractivity contribution in [2.24, 2.45) is 0 Å². The van der Waals surface area contributed by atoms with E-state index in [0.29, 0.717) is 23.6 Å². The van der Waals surface area contributed by atoms with Gasteiger partial charge in [0.2, 0.25) is 20.0 Å². The Labute approximate surface area is 159 Å². The number of H-pyrrole nitrogens is 1. The summed E-state index contributed by atoms with van der Waals surface area (Å²) in [4.78, 5) is 0.334. The summed E-state index contributed by atoms with van der Waals surface area (Å²) in [7, 11) is -7.43. The molecule has 1 saturated heterocycles. The second-order valence-corrected chi connectivity index (χ2v) is 10.3. The van der Waals surface area contributed by atoms with Crippen molar-refractivity contribution in [3.05, 3.63) is 23.3 Å². The first-order valence-electron chi connectivity index (χ1n) is 8.65. The fourth-order valence-corrected chi connectivity index (χ4v) is 6.60. The third-order valence-corrected chi connectivity index (χ3v) is 8.86. The second-order valence-electron chi connectivity index (χ2n) is 6.51. The van der Waals surface area contributed by atoms with Crippen LogP contribution in [0.15, 0.2) is 16.0 Å². The van der Waals surface area contributed by atoms with Crippen molar-refractivity contribution in [2.75, 3.05) is 26.2 Å². The van der Waals surface area contributed by atoms with E-state index < -0.39 is 20.0 Å². The first-order chi connectivity index (χ1) is 12.6. The Bertz CT molecular complexity index is 1030. The van der Waals surface area contributed by atoms with Crippen molar-refractivity contribution < 1.29 is 16.8 Å². The van der Waals surface area contributed by atoms with Gasteiger partial charge in [0.05, 0.1) is 17.1 Å². The maximum atomic E-state index is 12.9. The van der Waals surface area contributed by atoms with Crippen LogP contribution in [0.4, 0.5) is 0 Å². The average molecular weight is 417 g/mol. The van der Waals surface area contributed by atoms with Gasteiger partial charge in [0.25, 0.3) is 0 Å². The summed E-state index contributed by atoms with van der Waals surface area (Å²) >= 11 is 0. The molecule has 1 aliphatic rings. The highest BCUT2D eigenvalue weighted by molar-refractivity contribution is 7.89. The lowest BCUT2D eigenvalue weighted by Crippen LogP contribution is -2.50. The molecule has 0 aromatic carbocycles. The van der Waals surface area contributed by atoms with Crippen molar-refractivity contribution in [1.29, 1.82) is 0 Å². The van der Waals surface area contributed by atoms with Gasteiger partial charge < -0.3 is 0 Å². The summed E-state index contributed by atoms with van der Waals surface area (Å²) < 4.78 is 55.8. The Morgan fingerprint density at radius 2 is 1.52 bits per heavy atom. The molecule has 0 spiro atoms. The second kappa shape index (κ2) is 7.00. The third kappa shape index (κ3) is 3.42. The van der Waals surface area contributed by atoms with Crippen LogP contribution in [0.1, 0.15) is 24.0 Å². The SMILES string of the molecule is CCn1cc(S(=O)(=O)N2CCN(S(=O)(=O)c3c(C)n[nH]c3C)CC2)c(C)n1. The molecule has 2 aromatic heterocycles. The van der Waals surface area contributed by atoms with Gasteiger partial charge in [0.15, 0.2) is 0 Å². The minimum absolute atomic E-state index is 0.0899. The zero-order chi connectivity index (χ0) is 20.0. The van der Waals surface area contributed by atoms with E-state index >= 15 is 0 Å². The fourth-order valence-electron chi connectivity index (χ4n) is 3.25. The molecule has 0 amide bonds. The topological polar surface area (TPSA) is 121 Å². The first kappa shape index (κ1) is 20.0. The number of aromatic amines is 1. The molecule has 1 aliphatic heterocycles.